The molecular formula is C36H63N9O14. The Labute approximate surface area is 342 Å². The zero-order valence-electron chi connectivity index (χ0n) is 34.5. The zero-order chi connectivity index (χ0) is 45.3. The Morgan fingerprint density at radius 2 is 1.17 bits per heavy atom. The van der Waals surface area contributed by atoms with Crippen LogP contribution in [0.5, 0.6) is 0 Å². The first kappa shape index (κ1) is 52.0. The number of nitrogens with one attached hydrogen (secondary N) is 7. The van der Waals surface area contributed by atoms with E-state index in [-0.39, 0.29) is 37.6 Å². The van der Waals surface area contributed by atoms with Gasteiger partial charge < -0.3 is 73.4 Å². The van der Waals surface area contributed by atoms with E-state index in [0.717, 1.165) is 6.92 Å². The van der Waals surface area contributed by atoms with Gasteiger partial charge in [-0.15, -0.1) is 0 Å². The van der Waals surface area contributed by atoms with Crippen LogP contribution in [-0.2, 0) is 43.2 Å². The number of carbonyl (C=O) groups excluding carboxylic acids is 8. The van der Waals surface area contributed by atoms with Crippen LogP contribution in [0.15, 0.2) is 0 Å². The lowest BCUT2D eigenvalue weighted by atomic mass is 10.0. The van der Waals surface area contributed by atoms with Gasteiger partial charge in [-0.3, -0.25) is 38.4 Å². The molecular weight excluding hydrogens is 782 g/mol. The fourth-order valence-corrected chi connectivity index (χ4v) is 5.92. The van der Waals surface area contributed by atoms with E-state index in [4.69, 9.17) is 5.73 Å². The first-order valence-electron chi connectivity index (χ1n) is 19.4. The van der Waals surface area contributed by atoms with Crippen molar-refractivity contribution in [3.63, 3.8) is 0 Å². The Morgan fingerprint density at radius 1 is 0.644 bits per heavy atom. The predicted octanol–water partition coefficient (Wildman–Crippen LogP) is -5.73. The summed E-state index contributed by atoms with van der Waals surface area (Å²) in [6.45, 7) is 8.28. The number of carbonyl (C=O) groups is 9. The van der Waals surface area contributed by atoms with Gasteiger partial charge in [-0.1, -0.05) is 27.7 Å². The van der Waals surface area contributed by atoms with Crippen LogP contribution in [0.2, 0.25) is 0 Å². The van der Waals surface area contributed by atoms with Crippen molar-refractivity contribution < 1.29 is 68.7 Å². The van der Waals surface area contributed by atoms with Gasteiger partial charge >= 0.3 is 5.97 Å². The highest BCUT2D eigenvalue weighted by Crippen LogP contribution is 2.19. The SMILES string of the molecule is CC(C)C[C@H](NC(=O)[C@@H](NC(=O)[C@H](CO)NC(=O)[C@H](CC(C)C)NC(=O)CNC(=O)[C@H](CO)NC(=O)[C@@H]1CCCN1C(=O)[C@H](C)NC(=O)[C@@H](N)[C@@H](C)O)[C@@H](C)O)C(=O)O. The van der Waals surface area contributed by atoms with Gasteiger partial charge in [0.2, 0.25) is 47.3 Å². The van der Waals surface area contributed by atoms with Crippen molar-refractivity contribution in [2.45, 2.75) is 135 Å². The standard InChI is InChI=1S/C36H63N9O14/c1-16(2)11-21(30(52)42-24(15-47)31(53)44-28(20(7)49)34(56)41-22(36(58)59)12-17(3)4)40-26(50)13-38-29(51)23(14-46)43-32(54)25-9-8-10-45(25)35(57)18(5)39-33(55)27(37)19(6)48/h16-25,27-28,46-49H,8-15,37H2,1-7H3,(H,38,51)(H,39,55)(H,40,50)(H,41,56)(H,42,52)(H,43,54)(H,44,53)(H,58,59)/t18-,19+,20+,21-,22-,23-,24-,25-,27-,28-/m0/s1. The lowest BCUT2D eigenvalue weighted by Crippen LogP contribution is -2.61. The molecule has 8 amide bonds. The average Bonchev–Trinajstić information content (AvgIpc) is 3.65. The molecule has 0 spiro atoms. The maximum atomic E-state index is 13.3. The van der Waals surface area contributed by atoms with E-state index in [1.54, 1.807) is 27.7 Å². The highest BCUT2D eigenvalue weighted by Gasteiger charge is 2.39. The fourth-order valence-electron chi connectivity index (χ4n) is 5.92. The molecule has 1 saturated heterocycles. The van der Waals surface area contributed by atoms with Crippen molar-refractivity contribution in [3.05, 3.63) is 0 Å². The average molecular weight is 846 g/mol. The Balaban J connectivity index is 2.90. The summed E-state index contributed by atoms with van der Waals surface area (Å²) in [6.07, 6.45) is -2.03. The Hall–Kier alpha value is -4.97. The summed E-state index contributed by atoms with van der Waals surface area (Å²) < 4.78 is 0. The van der Waals surface area contributed by atoms with E-state index in [2.05, 4.69) is 37.2 Å². The maximum absolute atomic E-state index is 13.3. The smallest absolute Gasteiger partial charge is 0.326 e. The van der Waals surface area contributed by atoms with E-state index in [0.29, 0.717) is 6.42 Å². The van der Waals surface area contributed by atoms with E-state index in [1.807, 2.05) is 0 Å². The third-order valence-electron chi connectivity index (χ3n) is 9.19. The number of aliphatic hydroxyl groups is 4. The predicted molar refractivity (Wildman–Crippen MR) is 207 cm³/mol. The lowest BCUT2D eigenvalue weighted by molar-refractivity contribution is -0.143. The second-order valence-electron chi connectivity index (χ2n) is 15.4. The molecule has 0 unspecified atom stereocenters. The van der Waals surface area contributed by atoms with Crippen LogP contribution in [0.4, 0.5) is 0 Å². The minimum absolute atomic E-state index is 0.0119. The van der Waals surface area contributed by atoms with Crippen molar-refractivity contribution in [2.75, 3.05) is 26.3 Å². The number of carboxylic acids is 1. The molecule has 0 aliphatic carbocycles. The highest BCUT2D eigenvalue weighted by molar-refractivity contribution is 5.97. The molecule has 10 atom stereocenters. The van der Waals surface area contributed by atoms with Gasteiger partial charge in [0.25, 0.3) is 0 Å². The fraction of sp³-hybridized carbons (Fsp3) is 0.750. The van der Waals surface area contributed by atoms with Crippen molar-refractivity contribution >= 4 is 53.2 Å². The summed E-state index contributed by atoms with van der Waals surface area (Å²) >= 11 is 0. The topological polar surface area (TPSA) is 368 Å². The van der Waals surface area contributed by atoms with Gasteiger partial charge in [0, 0.05) is 6.54 Å². The van der Waals surface area contributed by atoms with E-state index in [9.17, 15) is 68.7 Å². The number of nitrogens with two attached hydrogens (primary N) is 1. The molecule has 0 saturated carbocycles. The van der Waals surface area contributed by atoms with Crippen LogP contribution >= 0.6 is 0 Å². The largest absolute Gasteiger partial charge is 0.480 e. The highest BCUT2D eigenvalue weighted by atomic mass is 16.4. The van der Waals surface area contributed by atoms with Crippen molar-refractivity contribution in [1.82, 2.24) is 42.1 Å². The third kappa shape index (κ3) is 17.0. The third-order valence-corrected chi connectivity index (χ3v) is 9.19. The number of hydrogen-bond donors (Lipinski definition) is 13. The second kappa shape index (κ2) is 24.8. The molecule has 59 heavy (non-hydrogen) atoms. The molecule has 1 fully saturated rings. The molecule has 23 nitrogen and oxygen atoms in total. The summed E-state index contributed by atoms with van der Waals surface area (Å²) in [4.78, 5) is 116. The summed E-state index contributed by atoms with van der Waals surface area (Å²) in [6, 6.07) is -11.0. The number of aliphatic hydroxyl groups excluding tert-OH is 4. The molecule has 1 aliphatic heterocycles. The van der Waals surface area contributed by atoms with Crippen molar-refractivity contribution in [1.29, 1.82) is 0 Å². The Kier molecular flexibility index (Phi) is 21.9. The van der Waals surface area contributed by atoms with E-state index in [1.165, 1.54) is 18.7 Å². The number of likely N-dealkylation sites (tertiary alicyclic amines) is 1. The molecule has 1 heterocycles. The monoisotopic (exact) mass is 845 g/mol. The van der Waals surface area contributed by atoms with Crippen LogP contribution in [-0.4, -0.2) is 171 Å². The lowest BCUT2D eigenvalue weighted by Gasteiger charge is -2.29. The first-order chi connectivity index (χ1) is 27.4. The Bertz CT molecular complexity index is 1490. The number of carboxylic acid groups (broad SMARTS) is 1. The second-order valence-corrected chi connectivity index (χ2v) is 15.4. The molecule has 0 aromatic carbocycles. The molecule has 0 bridgehead atoms. The number of hydrogen-bond acceptors (Lipinski definition) is 14. The summed E-state index contributed by atoms with van der Waals surface area (Å²) in [5.74, 6) is -8.83. The molecule has 1 rings (SSSR count). The molecule has 1 aliphatic rings. The molecule has 14 N–H and O–H groups in total. The zero-order valence-corrected chi connectivity index (χ0v) is 34.5. The van der Waals surface area contributed by atoms with E-state index >= 15 is 0 Å². The van der Waals surface area contributed by atoms with Gasteiger partial charge in [-0.05, 0) is 58.3 Å². The minimum Gasteiger partial charge on any atom is -0.480 e. The summed E-state index contributed by atoms with van der Waals surface area (Å²) in [7, 11) is 0. The normalized spacial score (nSPS) is 18.5. The Morgan fingerprint density at radius 3 is 1.68 bits per heavy atom. The van der Waals surface area contributed by atoms with Crippen molar-refractivity contribution in [3.8, 4) is 0 Å². The van der Waals surface area contributed by atoms with Crippen LogP contribution in [0.3, 0.4) is 0 Å². The summed E-state index contributed by atoms with van der Waals surface area (Å²) in [5.41, 5.74) is 5.61. The maximum Gasteiger partial charge on any atom is 0.326 e. The van der Waals surface area contributed by atoms with Gasteiger partial charge in [0.15, 0.2) is 0 Å². The number of aliphatic carboxylic acids is 1. The molecule has 0 aromatic heterocycles. The first-order valence-corrected chi connectivity index (χ1v) is 19.4. The molecule has 0 radical (unpaired) electrons. The number of nitrogens with zero attached hydrogens (tertiary/aromatic N) is 1. The van der Waals surface area contributed by atoms with Gasteiger partial charge in [-0.25, -0.2) is 4.79 Å². The molecule has 23 heteroatoms. The van der Waals surface area contributed by atoms with Crippen molar-refractivity contribution in [2.24, 2.45) is 17.6 Å². The molecule has 0 aromatic rings. The molecule has 336 valence electrons. The van der Waals surface area contributed by atoms with Gasteiger partial charge in [0.1, 0.15) is 48.3 Å². The van der Waals surface area contributed by atoms with Gasteiger partial charge in [-0.2, -0.15) is 0 Å². The summed E-state index contributed by atoms with van der Waals surface area (Å²) in [5, 5.41) is 65.2. The van der Waals surface area contributed by atoms with Crippen LogP contribution in [0.25, 0.3) is 0 Å². The van der Waals surface area contributed by atoms with Crippen LogP contribution in [0, 0.1) is 11.8 Å². The van der Waals surface area contributed by atoms with E-state index < -0.39 is 134 Å². The van der Waals surface area contributed by atoms with Crippen LogP contribution < -0.4 is 43.0 Å². The minimum atomic E-state index is -1.69. The number of rotatable bonds is 24. The number of amides is 8. The van der Waals surface area contributed by atoms with Crippen LogP contribution in [0.1, 0.15) is 74.1 Å². The quantitative estimate of drug-likeness (QED) is 0.0431. The van der Waals surface area contributed by atoms with Gasteiger partial charge in [0.05, 0.1) is 32.0 Å².